The quantitative estimate of drug-likeness (QED) is 0.419. The van der Waals surface area contributed by atoms with E-state index in [2.05, 4.69) is 32.4 Å². The third-order valence-corrected chi connectivity index (χ3v) is 6.03. The van der Waals surface area contributed by atoms with Crippen LogP contribution in [0.1, 0.15) is 18.4 Å². The standard InChI is InChI=1S/C24H23N5O4/c1-33-19-5-4-17-14-29(21(30)20(17)11-19)15-24(22(31)26-23(32)27-24)7-6-16-10-18(13-25-12-16)28-8-2-3-9-28/h4-5,10-14,30H,2-3,8-9,15H2,1H3,(H2,26,27,31,32)/t24-/m1/s1. The number of ether oxygens (including phenoxy) is 1. The summed E-state index contributed by atoms with van der Waals surface area (Å²) in [5, 5.41) is 17.0. The summed E-state index contributed by atoms with van der Waals surface area (Å²) in [5.41, 5.74) is 0.0769. The van der Waals surface area contributed by atoms with Crippen LogP contribution in [0.5, 0.6) is 11.6 Å². The minimum Gasteiger partial charge on any atom is -0.497 e. The van der Waals surface area contributed by atoms with Gasteiger partial charge in [-0.3, -0.25) is 15.1 Å². The molecule has 1 atom stereocenters. The van der Waals surface area contributed by atoms with E-state index in [0.717, 1.165) is 37.0 Å². The van der Waals surface area contributed by atoms with Crippen molar-refractivity contribution in [1.29, 1.82) is 0 Å². The SMILES string of the molecule is COc1ccc2cn(C[C@@]3(C#Cc4cncc(N5CCCC5)c4)NC(=O)NC3=O)c(O)c2c1. The summed E-state index contributed by atoms with van der Waals surface area (Å²) >= 11 is 0. The molecule has 0 radical (unpaired) electrons. The van der Waals surface area contributed by atoms with E-state index in [0.29, 0.717) is 16.7 Å². The number of aromatic nitrogens is 2. The number of amides is 3. The van der Waals surface area contributed by atoms with Crippen molar-refractivity contribution in [2.75, 3.05) is 25.1 Å². The van der Waals surface area contributed by atoms with Gasteiger partial charge in [-0.05, 0) is 37.1 Å². The van der Waals surface area contributed by atoms with Crippen molar-refractivity contribution in [2.45, 2.75) is 24.9 Å². The molecule has 2 fully saturated rings. The minimum absolute atomic E-state index is 0.0447. The van der Waals surface area contributed by atoms with Crippen LogP contribution in [0.4, 0.5) is 10.5 Å². The molecular weight excluding hydrogens is 422 g/mol. The first-order valence-electron chi connectivity index (χ1n) is 10.7. The number of aromatic hydroxyl groups is 1. The van der Waals surface area contributed by atoms with Gasteiger partial charge in [0.1, 0.15) is 5.75 Å². The van der Waals surface area contributed by atoms with Crippen LogP contribution in [-0.4, -0.2) is 52.3 Å². The molecule has 9 nitrogen and oxygen atoms in total. The van der Waals surface area contributed by atoms with Gasteiger partial charge in [0.2, 0.25) is 5.54 Å². The number of anilines is 1. The normalized spacial score (nSPS) is 19.8. The van der Waals surface area contributed by atoms with Gasteiger partial charge in [-0.1, -0.05) is 11.8 Å². The van der Waals surface area contributed by atoms with Crippen LogP contribution in [0.3, 0.4) is 0 Å². The van der Waals surface area contributed by atoms with Gasteiger partial charge in [0.05, 0.1) is 25.5 Å². The summed E-state index contributed by atoms with van der Waals surface area (Å²) < 4.78 is 6.73. The molecule has 3 aromatic rings. The Morgan fingerprint density at radius 3 is 2.76 bits per heavy atom. The second-order valence-corrected chi connectivity index (χ2v) is 8.22. The number of fused-ring (bicyclic) bond motifs is 1. The van der Waals surface area contributed by atoms with Crippen LogP contribution >= 0.6 is 0 Å². The van der Waals surface area contributed by atoms with Crippen LogP contribution in [0, 0.1) is 11.8 Å². The van der Waals surface area contributed by atoms with Gasteiger partial charge < -0.3 is 24.6 Å². The van der Waals surface area contributed by atoms with E-state index < -0.39 is 17.5 Å². The topological polar surface area (TPSA) is 109 Å². The van der Waals surface area contributed by atoms with Gasteiger partial charge >= 0.3 is 6.03 Å². The molecule has 0 spiro atoms. The Kier molecular flexibility index (Phi) is 5.05. The molecule has 2 aromatic heterocycles. The number of urea groups is 1. The van der Waals surface area contributed by atoms with E-state index in [1.807, 2.05) is 12.1 Å². The van der Waals surface area contributed by atoms with Crippen molar-refractivity contribution in [3.8, 4) is 23.5 Å². The number of hydrogen-bond acceptors (Lipinski definition) is 6. The molecule has 0 unspecified atom stereocenters. The average molecular weight is 445 g/mol. The van der Waals surface area contributed by atoms with E-state index in [-0.39, 0.29) is 12.4 Å². The molecule has 3 amide bonds. The first-order valence-corrected chi connectivity index (χ1v) is 10.7. The summed E-state index contributed by atoms with van der Waals surface area (Å²) in [6.07, 6.45) is 7.43. The van der Waals surface area contributed by atoms with E-state index >= 15 is 0 Å². The summed E-state index contributed by atoms with van der Waals surface area (Å²) in [7, 11) is 1.55. The zero-order valence-electron chi connectivity index (χ0n) is 18.1. The number of benzene rings is 1. The molecule has 0 saturated carbocycles. The Morgan fingerprint density at radius 2 is 2.03 bits per heavy atom. The molecule has 2 aliphatic rings. The van der Waals surface area contributed by atoms with Gasteiger partial charge in [-0.2, -0.15) is 0 Å². The molecule has 1 aromatic carbocycles. The fraction of sp³-hybridized carbons (Fsp3) is 0.292. The molecule has 0 bridgehead atoms. The number of carbonyl (C=O) groups is 2. The third kappa shape index (κ3) is 3.80. The van der Waals surface area contributed by atoms with Crippen molar-refractivity contribution in [1.82, 2.24) is 20.2 Å². The lowest BCUT2D eigenvalue weighted by atomic mass is 10.00. The summed E-state index contributed by atoms with van der Waals surface area (Å²) in [5.74, 6) is 5.93. The van der Waals surface area contributed by atoms with E-state index in [4.69, 9.17) is 4.74 Å². The second-order valence-electron chi connectivity index (χ2n) is 8.22. The average Bonchev–Trinajstić information content (AvgIpc) is 3.52. The van der Waals surface area contributed by atoms with Crippen LogP contribution < -0.4 is 20.3 Å². The molecule has 2 aliphatic heterocycles. The molecule has 3 N–H and O–H groups in total. The number of imide groups is 1. The fourth-order valence-corrected chi connectivity index (χ4v) is 4.28. The summed E-state index contributed by atoms with van der Waals surface area (Å²) in [4.78, 5) is 31.4. The number of methoxy groups -OCH3 is 1. The highest BCUT2D eigenvalue weighted by Crippen LogP contribution is 2.32. The highest BCUT2D eigenvalue weighted by Gasteiger charge is 2.46. The van der Waals surface area contributed by atoms with Gasteiger partial charge in [-0.15, -0.1) is 0 Å². The smallest absolute Gasteiger partial charge is 0.323 e. The molecule has 4 heterocycles. The number of hydrogen-bond donors (Lipinski definition) is 3. The van der Waals surface area contributed by atoms with Crippen molar-refractivity contribution < 1.29 is 19.4 Å². The van der Waals surface area contributed by atoms with Gasteiger partial charge in [0, 0.05) is 41.8 Å². The highest BCUT2D eigenvalue weighted by atomic mass is 16.5. The zero-order chi connectivity index (χ0) is 23.0. The van der Waals surface area contributed by atoms with Crippen LogP contribution in [0.15, 0.2) is 42.9 Å². The predicted molar refractivity (Wildman–Crippen MR) is 122 cm³/mol. The number of carbonyl (C=O) groups excluding carboxylic acids is 2. The van der Waals surface area contributed by atoms with Crippen molar-refractivity contribution >= 4 is 28.4 Å². The summed E-state index contributed by atoms with van der Waals surface area (Å²) in [6.45, 7) is 1.89. The number of rotatable bonds is 4. The first kappa shape index (κ1) is 20.7. The molecule has 5 rings (SSSR count). The van der Waals surface area contributed by atoms with Gasteiger partial charge in [-0.25, -0.2) is 4.79 Å². The summed E-state index contributed by atoms with van der Waals surface area (Å²) in [6, 6.07) is 6.61. The van der Waals surface area contributed by atoms with E-state index in [1.165, 1.54) is 4.57 Å². The zero-order valence-corrected chi connectivity index (χ0v) is 18.1. The van der Waals surface area contributed by atoms with E-state index in [1.54, 1.807) is 37.8 Å². The van der Waals surface area contributed by atoms with Crippen molar-refractivity contribution in [3.63, 3.8) is 0 Å². The third-order valence-electron chi connectivity index (χ3n) is 6.03. The van der Waals surface area contributed by atoms with Crippen LogP contribution in [0.25, 0.3) is 10.8 Å². The predicted octanol–water partition coefficient (Wildman–Crippen LogP) is 1.98. The van der Waals surface area contributed by atoms with Crippen molar-refractivity contribution in [3.05, 3.63) is 48.4 Å². The highest BCUT2D eigenvalue weighted by molar-refractivity contribution is 6.09. The maximum Gasteiger partial charge on any atom is 0.323 e. The van der Waals surface area contributed by atoms with Gasteiger partial charge in [0.15, 0.2) is 5.88 Å². The lowest BCUT2D eigenvalue weighted by Gasteiger charge is -2.21. The van der Waals surface area contributed by atoms with Crippen LogP contribution in [0.2, 0.25) is 0 Å². The Morgan fingerprint density at radius 1 is 1.21 bits per heavy atom. The van der Waals surface area contributed by atoms with Gasteiger partial charge in [0.25, 0.3) is 5.91 Å². The lowest BCUT2D eigenvalue weighted by molar-refractivity contribution is -0.122. The maximum absolute atomic E-state index is 12.8. The minimum atomic E-state index is -1.54. The molecule has 168 valence electrons. The second kappa shape index (κ2) is 8.06. The molecule has 2 saturated heterocycles. The largest absolute Gasteiger partial charge is 0.497 e. The monoisotopic (exact) mass is 445 g/mol. The Balaban J connectivity index is 1.50. The maximum atomic E-state index is 12.8. The number of nitrogens with one attached hydrogen (secondary N) is 2. The molecular formula is C24H23N5O4. The Labute approximate surface area is 190 Å². The molecule has 33 heavy (non-hydrogen) atoms. The Bertz CT molecular complexity index is 1320. The molecule has 0 aliphatic carbocycles. The fourth-order valence-electron chi connectivity index (χ4n) is 4.28. The number of pyridine rings is 1. The number of nitrogens with zero attached hydrogens (tertiary/aromatic N) is 3. The van der Waals surface area contributed by atoms with Crippen molar-refractivity contribution in [2.24, 2.45) is 0 Å². The van der Waals surface area contributed by atoms with Crippen LogP contribution in [-0.2, 0) is 11.3 Å². The molecule has 9 heteroatoms. The Hall–Kier alpha value is -4.19. The lowest BCUT2D eigenvalue weighted by Crippen LogP contribution is -2.49. The van der Waals surface area contributed by atoms with E-state index in [9.17, 15) is 14.7 Å². The first-order chi connectivity index (χ1) is 16.0.